The van der Waals surface area contributed by atoms with E-state index < -0.39 is 29.6 Å². The highest BCUT2D eigenvalue weighted by molar-refractivity contribution is 9.10. The third kappa shape index (κ3) is 6.43. The third-order valence-electron chi connectivity index (χ3n) is 4.75. The first-order chi connectivity index (χ1) is 14.8. The van der Waals surface area contributed by atoms with E-state index >= 15 is 0 Å². The molecule has 31 heavy (non-hydrogen) atoms. The van der Waals surface area contributed by atoms with Crippen molar-refractivity contribution < 1.29 is 13.9 Å². The van der Waals surface area contributed by atoms with E-state index in [1.54, 1.807) is 6.07 Å². The van der Waals surface area contributed by atoms with Gasteiger partial charge in [0, 0.05) is 17.6 Å². The lowest BCUT2D eigenvalue weighted by Crippen LogP contribution is -2.43. The molecule has 1 aromatic heterocycles. The van der Waals surface area contributed by atoms with Gasteiger partial charge in [0.1, 0.15) is 5.82 Å². The van der Waals surface area contributed by atoms with E-state index in [-0.39, 0.29) is 23.8 Å². The van der Waals surface area contributed by atoms with Crippen molar-refractivity contribution in [2.24, 2.45) is 0 Å². The van der Waals surface area contributed by atoms with Crippen molar-refractivity contribution in [1.29, 1.82) is 0 Å². The number of nitrogens with zero attached hydrogens (tertiary/aromatic N) is 2. The summed E-state index contributed by atoms with van der Waals surface area (Å²) in [5.74, 6) is -1.33. The Balaban J connectivity index is 2.35. The number of hydrogen-bond acceptors (Lipinski definition) is 5. The van der Waals surface area contributed by atoms with Gasteiger partial charge in [-0.15, -0.1) is 0 Å². The fourth-order valence-electron chi connectivity index (χ4n) is 3.07. The van der Waals surface area contributed by atoms with Crippen molar-refractivity contribution in [3.05, 3.63) is 49.3 Å². The number of carbonyl (C=O) groups excluding carboxylic acids is 1. The van der Waals surface area contributed by atoms with Crippen molar-refractivity contribution in [2.45, 2.75) is 52.5 Å². The maximum atomic E-state index is 14.0. The third-order valence-corrected chi connectivity index (χ3v) is 5.24. The second-order valence-electron chi connectivity index (χ2n) is 7.11. The van der Waals surface area contributed by atoms with Crippen LogP contribution in [0.5, 0.6) is 5.75 Å². The first-order valence-electron chi connectivity index (χ1n) is 10.3. The zero-order chi connectivity index (χ0) is 23.0. The Bertz CT molecular complexity index is 1020. The molecule has 1 aromatic carbocycles. The molecular weight excluding hydrogens is 471 g/mol. The number of anilines is 2. The van der Waals surface area contributed by atoms with Crippen molar-refractivity contribution in [2.75, 3.05) is 23.8 Å². The smallest absolute Gasteiger partial charge is 0.330 e. The number of nitrogens with two attached hydrogens (primary N) is 1. The average Bonchev–Trinajstić information content (AvgIpc) is 2.71. The molecule has 0 aliphatic rings. The molecule has 0 radical (unpaired) electrons. The average molecular weight is 499 g/mol. The minimum absolute atomic E-state index is 0.0677. The minimum atomic E-state index is -0.741. The lowest BCUT2D eigenvalue weighted by molar-refractivity contribution is -0.120. The minimum Gasteiger partial charge on any atom is -0.481 e. The molecule has 0 aliphatic heterocycles. The van der Waals surface area contributed by atoms with Gasteiger partial charge in [0.05, 0.1) is 0 Å². The van der Waals surface area contributed by atoms with Crippen LogP contribution in [0.15, 0.2) is 32.3 Å². The van der Waals surface area contributed by atoms with Crippen molar-refractivity contribution in [3.63, 3.8) is 0 Å². The summed E-state index contributed by atoms with van der Waals surface area (Å²) in [6.07, 6.45) is 3.88. The van der Waals surface area contributed by atoms with E-state index in [4.69, 9.17) is 10.5 Å². The molecule has 0 saturated carbocycles. The number of aromatic amines is 1. The summed E-state index contributed by atoms with van der Waals surface area (Å²) < 4.78 is 21.2. The zero-order valence-corrected chi connectivity index (χ0v) is 19.3. The van der Waals surface area contributed by atoms with Crippen LogP contribution in [0.2, 0.25) is 0 Å². The molecule has 0 aliphatic carbocycles. The fraction of sp³-hybridized carbons (Fsp3) is 0.476. The summed E-state index contributed by atoms with van der Waals surface area (Å²) >= 11 is 3.16. The Kier molecular flexibility index (Phi) is 9.29. The van der Waals surface area contributed by atoms with Crippen molar-refractivity contribution >= 4 is 33.3 Å². The van der Waals surface area contributed by atoms with Crippen molar-refractivity contribution in [1.82, 2.24) is 9.55 Å². The number of ether oxygens (including phenoxy) is 1. The topological polar surface area (TPSA) is 110 Å². The molecule has 10 heteroatoms. The van der Waals surface area contributed by atoms with E-state index in [1.807, 2.05) is 13.8 Å². The SMILES string of the molecule is CCCCCN(C(=O)COc1ccc(Br)cc1F)c1c(N)n(CCCC)c(=O)[nH]c1=O. The molecule has 0 saturated heterocycles. The first kappa shape index (κ1) is 24.6. The first-order valence-corrected chi connectivity index (χ1v) is 11.1. The molecule has 0 unspecified atom stereocenters. The van der Waals surface area contributed by atoms with Crippen LogP contribution >= 0.6 is 15.9 Å². The number of nitrogens with one attached hydrogen (secondary N) is 1. The number of nitrogen functional groups attached to an aromatic ring is 1. The Labute approximate surface area is 188 Å². The van der Waals surface area contributed by atoms with E-state index in [2.05, 4.69) is 20.9 Å². The maximum absolute atomic E-state index is 14.0. The highest BCUT2D eigenvalue weighted by atomic mass is 79.9. The Hall–Kier alpha value is -2.62. The van der Waals surface area contributed by atoms with Crippen LogP contribution in [0.3, 0.4) is 0 Å². The zero-order valence-electron chi connectivity index (χ0n) is 17.7. The monoisotopic (exact) mass is 498 g/mol. The fourth-order valence-corrected chi connectivity index (χ4v) is 3.40. The molecule has 0 atom stereocenters. The summed E-state index contributed by atoms with van der Waals surface area (Å²) in [7, 11) is 0. The molecule has 0 spiro atoms. The number of halogens is 2. The number of amides is 1. The van der Waals surface area contributed by atoms with Crippen LogP contribution in [0.1, 0.15) is 46.0 Å². The molecule has 0 bridgehead atoms. The summed E-state index contributed by atoms with van der Waals surface area (Å²) in [5.41, 5.74) is 4.72. The van der Waals surface area contributed by atoms with Gasteiger partial charge in [-0.25, -0.2) is 9.18 Å². The molecule has 1 heterocycles. The summed E-state index contributed by atoms with van der Waals surface area (Å²) in [6.45, 7) is 4.03. The van der Waals surface area contributed by atoms with Gasteiger partial charge in [0.15, 0.2) is 23.9 Å². The molecular formula is C21H28BrFN4O4. The van der Waals surface area contributed by atoms with E-state index in [1.165, 1.54) is 21.6 Å². The molecule has 2 rings (SSSR count). The van der Waals surface area contributed by atoms with Crippen LogP contribution in [-0.4, -0.2) is 28.6 Å². The standard InChI is InChI=1S/C21H28BrFN4O4/c1-3-5-7-11-26(17(28)13-31-16-9-8-14(22)12-15(16)23)18-19(24)27(10-6-4-2)21(30)25-20(18)29/h8-9,12H,3-7,10-11,13,24H2,1-2H3,(H,25,29,30). The number of rotatable bonds is 11. The number of carbonyl (C=O) groups is 1. The predicted octanol–water partition coefficient (Wildman–Crippen LogP) is 3.42. The molecule has 3 N–H and O–H groups in total. The van der Waals surface area contributed by atoms with Gasteiger partial charge in [0.25, 0.3) is 11.5 Å². The lowest BCUT2D eigenvalue weighted by Gasteiger charge is -2.24. The lowest BCUT2D eigenvalue weighted by atomic mass is 10.2. The van der Waals surface area contributed by atoms with Gasteiger partial charge < -0.3 is 15.4 Å². The highest BCUT2D eigenvalue weighted by Crippen LogP contribution is 2.22. The van der Waals surface area contributed by atoms with Gasteiger partial charge in [0.2, 0.25) is 0 Å². The van der Waals surface area contributed by atoms with Gasteiger partial charge in [-0.1, -0.05) is 49.0 Å². The second-order valence-corrected chi connectivity index (χ2v) is 8.03. The largest absolute Gasteiger partial charge is 0.481 e. The Morgan fingerprint density at radius 3 is 2.58 bits per heavy atom. The summed E-state index contributed by atoms with van der Waals surface area (Å²) in [5, 5.41) is 0. The van der Waals surface area contributed by atoms with Crippen LogP contribution in [0, 0.1) is 5.82 Å². The second kappa shape index (κ2) is 11.7. The van der Waals surface area contributed by atoms with Crippen LogP contribution in [-0.2, 0) is 11.3 Å². The van der Waals surface area contributed by atoms with Gasteiger partial charge in [-0.2, -0.15) is 0 Å². The number of benzene rings is 1. The summed E-state index contributed by atoms with van der Waals surface area (Å²) in [6, 6.07) is 4.22. The van der Waals surface area contributed by atoms with Crippen LogP contribution < -0.4 is 26.6 Å². The predicted molar refractivity (Wildman–Crippen MR) is 122 cm³/mol. The molecule has 8 nitrogen and oxygen atoms in total. The molecule has 1 amide bonds. The van der Waals surface area contributed by atoms with Crippen LogP contribution in [0.4, 0.5) is 15.9 Å². The number of aromatic nitrogens is 2. The number of unbranched alkanes of at least 4 members (excludes halogenated alkanes) is 3. The highest BCUT2D eigenvalue weighted by Gasteiger charge is 2.24. The van der Waals surface area contributed by atoms with Gasteiger partial charge in [-0.3, -0.25) is 19.1 Å². The van der Waals surface area contributed by atoms with E-state index in [9.17, 15) is 18.8 Å². The van der Waals surface area contributed by atoms with Crippen molar-refractivity contribution in [3.8, 4) is 5.75 Å². The number of hydrogen-bond donors (Lipinski definition) is 2. The summed E-state index contributed by atoms with van der Waals surface area (Å²) in [4.78, 5) is 41.2. The molecule has 2 aromatic rings. The molecule has 0 fully saturated rings. The van der Waals surface area contributed by atoms with Crippen LogP contribution in [0.25, 0.3) is 0 Å². The Morgan fingerprint density at radius 2 is 1.94 bits per heavy atom. The van der Waals surface area contributed by atoms with E-state index in [0.29, 0.717) is 23.9 Å². The Morgan fingerprint density at radius 1 is 1.23 bits per heavy atom. The van der Waals surface area contributed by atoms with Gasteiger partial charge >= 0.3 is 5.69 Å². The quantitative estimate of drug-likeness (QED) is 0.461. The number of H-pyrrole nitrogens is 1. The van der Waals surface area contributed by atoms with Gasteiger partial charge in [-0.05, 0) is 31.0 Å². The molecule has 170 valence electrons. The maximum Gasteiger partial charge on any atom is 0.330 e. The normalized spacial score (nSPS) is 10.8. The van der Waals surface area contributed by atoms with E-state index in [0.717, 1.165) is 19.3 Å².